The molecule has 0 aliphatic heterocycles. The summed E-state index contributed by atoms with van der Waals surface area (Å²) in [7, 11) is 1.71. The van der Waals surface area contributed by atoms with Gasteiger partial charge < -0.3 is 10.0 Å². The molecule has 2 aromatic carbocycles. The van der Waals surface area contributed by atoms with Gasteiger partial charge in [-0.1, -0.05) is 44.0 Å². The Morgan fingerprint density at radius 3 is 2.50 bits per heavy atom. The number of phenols is 1. The highest BCUT2D eigenvalue weighted by atomic mass is 79.9. The van der Waals surface area contributed by atoms with Crippen molar-refractivity contribution < 1.29 is 9.90 Å². The molecule has 0 heterocycles. The average Bonchev–Trinajstić information content (AvgIpc) is 2.38. The number of nitrogens with zero attached hydrogens (tertiary/aromatic N) is 1. The first-order chi connectivity index (χ1) is 9.47. The number of amides is 1. The number of halogens is 2. The molecule has 0 aliphatic rings. The Hall–Kier alpha value is -1.33. The van der Waals surface area contributed by atoms with Crippen LogP contribution >= 0.6 is 31.9 Å². The number of hydrogen-bond acceptors (Lipinski definition) is 2. The molecular weight excluding hydrogens is 386 g/mol. The lowest BCUT2D eigenvalue weighted by Gasteiger charge is -2.18. The third-order valence-electron chi connectivity index (χ3n) is 2.85. The summed E-state index contributed by atoms with van der Waals surface area (Å²) in [5.41, 5.74) is 1.32. The number of rotatable bonds is 3. The maximum absolute atomic E-state index is 12.3. The molecule has 0 bridgehead atoms. The van der Waals surface area contributed by atoms with Crippen LogP contribution in [0.2, 0.25) is 0 Å². The number of carbonyl (C=O) groups is 1. The van der Waals surface area contributed by atoms with Gasteiger partial charge in [0.2, 0.25) is 0 Å². The van der Waals surface area contributed by atoms with E-state index in [1.165, 1.54) is 6.07 Å². The van der Waals surface area contributed by atoms with Crippen LogP contribution in [0.1, 0.15) is 15.9 Å². The van der Waals surface area contributed by atoms with Crippen LogP contribution in [-0.4, -0.2) is 23.0 Å². The summed E-state index contributed by atoms with van der Waals surface area (Å²) in [6, 6.07) is 12.6. The van der Waals surface area contributed by atoms with Gasteiger partial charge in [0.15, 0.2) is 0 Å². The second-order valence-electron chi connectivity index (χ2n) is 4.45. The number of hydrogen-bond donors (Lipinski definition) is 1. The zero-order chi connectivity index (χ0) is 14.7. The fraction of sp³-hybridized carbons (Fsp3) is 0.133. The molecule has 0 saturated carbocycles. The van der Waals surface area contributed by atoms with E-state index in [9.17, 15) is 9.90 Å². The van der Waals surface area contributed by atoms with Crippen LogP contribution in [0.3, 0.4) is 0 Å². The van der Waals surface area contributed by atoms with Crippen molar-refractivity contribution in [2.24, 2.45) is 0 Å². The molecular formula is C15H13Br2NO2. The zero-order valence-corrected chi connectivity index (χ0v) is 14.0. The molecule has 0 unspecified atom stereocenters. The van der Waals surface area contributed by atoms with E-state index in [4.69, 9.17) is 0 Å². The van der Waals surface area contributed by atoms with Gasteiger partial charge in [-0.15, -0.1) is 0 Å². The smallest absolute Gasteiger partial charge is 0.257 e. The van der Waals surface area contributed by atoms with Crippen molar-refractivity contribution in [3.63, 3.8) is 0 Å². The van der Waals surface area contributed by atoms with Crippen LogP contribution in [0.15, 0.2) is 51.4 Å². The van der Waals surface area contributed by atoms with E-state index in [0.29, 0.717) is 12.1 Å². The van der Waals surface area contributed by atoms with E-state index in [0.717, 1.165) is 14.5 Å². The second kappa shape index (κ2) is 6.41. The molecule has 0 aliphatic carbocycles. The molecule has 0 spiro atoms. The summed E-state index contributed by atoms with van der Waals surface area (Å²) in [6.45, 7) is 0.480. The van der Waals surface area contributed by atoms with E-state index in [2.05, 4.69) is 31.9 Å². The van der Waals surface area contributed by atoms with Crippen molar-refractivity contribution in [1.29, 1.82) is 0 Å². The quantitative estimate of drug-likeness (QED) is 0.841. The minimum atomic E-state index is -0.213. The van der Waals surface area contributed by atoms with Crippen molar-refractivity contribution in [3.05, 3.63) is 62.5 Å². The summed E-state index contributed by atoms with van der Waals surface area (Å²) < 4.78 is 1.71. The maximum atomic E-state index is 12.3. The standard InChI is InChI=1S/C15H13Br2NO2/c1-18(9-10-3-2-4-11(16)7-10)15(20)13-6-5-12(17)8-14(13)19/h2-8,19H,9H2,1H3. The van der Waals surface area contributed by atoms with E-state index in [1.54, 1.807) is 24.1 Å². The van der Waals surface area contributed by atoms with Gasteiger partial charge in [0.05, 0.1) is 5.56 Å². The van der Waals surface area contributed by atoms with E-state index in [1.807, 2.05) is 24.3 Å². The van der Waals surface area contributed by atoms with Gasteiger partial charge in [-0.2, -0.15) is 0 Å². The molecule has 0 aromatic heterocycles. The predicted octanol–water partition coefficient (Wildman–Crippen LogP) is 4.19. The first-order valence-electron chi connectivity index (χ1n) is 5.96. The molecule has 20 heavy (non-hydrogen) atoms. The minimum absolute atomic E-state index is 0.0227. The minimum Gasteiger partial charge on any atom is -0.507 e. The molecule has 5 heteroatoms. The Labute approximate surface area is 134 Å². The maximum Gasteiger partial charge on any atom is 0.257 e. The van der Waals surface area contributed by atoms with E-state index >= 15 is 0 Å². The molecule has 0 radical (unpaired) electrons. The lowest BCUT2D eigenvalue weighted by molar-refractivity contribution is 0.0782. The molecule has 1 N–H and O–H groups in total. The Morgan fingerprint density at radius 1 is 1.15 bits per heavy atom. The van der Waals surface area contributed by atoms with Gasteiger partial charge in [-0.05, 0) is 35.9 Å². The topological polar surface area (TPSA) is 40.5 Å². The molecule has 2 aromatic rings. The van der Waals surface area contributed by atoms with Crippen LogP contribution in [0.4, 0.5) is 0 Å². The number of carbonyl (C=O) groups excluding carboxylic acids is 1. The molecule has 104 valence electrons. The Bertz CT molecular complexity index is 644. The van der Waals surface area contributed by atoms with E-state index < -0.39 is 0 Å². The summed E-state index contributed by atoms with van der Waals surface area (Å²) in [5.74, 6) is -0.236. The fourth-order valence-corrected chi connectivity index (χ4v) is 2.67. The molecule has 1 amide bonds. The summed E-state index contributed by atoms with van der Waals surface area (Å²) >= 11 is 6.66. The number of benzene rings is 2. The fourth-order valence-electron chi connectivity index (χ4n) is 1.87. The molecule has 0 saturated heterocycles. The van der Waals surface area contributed by atoms with Crippen molar-refractivity contribution in [1.82, 2.24) is 4.90 Å². The van der Waals surface area contributed by atoms with E-state index in [-0.39, 0.29) is 11.7 Å². The lowest BCUT2D eigenvalue weighted by atomic mass is 10.1. The van der Waals surface area contributed by atoms with Crippen LogP contribution < -0.4 is 0 Å². The average molecular weight is 399 g/mol. The SMILES string of the molecule is CN(Cc1cccc(Br)c1)C(=O)c1ccc(Br)cc1O. The third kappa shape index (κ3) is 3.61. The third-order valence-corrected chi connectivity index (χ3v) is 3.83. The van der Waals surface area contributed by atoms with Gasteiger partial charge in [0, 0.05) is 22.5 Å². The van der Waals surface area contributed by atoms with Crippen LogP contribution in [-0.2, 0) is 6.54 Å². The Balaban J connectivity index is 2.16. The first-order valence-corrected chi connectivity index (χ1v) is 7.54. The first kappa shape index (κ1) is 15.1. The number of aromatic hydroxyl groups is 1. The molecule has 0 atom stereocenters. The highest BCUT2D eigenvalue weighted by Crippen LogP contribution is 2.24. The van der Waals surface area contributed by atoms with Crippen molar-refractivity contribution in [2.45, 2.75) is 6.54 Å². The van der Waals surface area contributed by atoms with Crippen molar-refractivity contribution >= 4 is 37.8 Å². The van der Waals surface area contributed by atoms with Gasteiger partial charge >= 0.3 is 0 Å². The summed E-state index contributed by atoms with van der Waals surface area (Å²) in [5, 5.41) is 9.84. The highest BCUT2D eigenvalue weighted by molar-refractivity contribution is 9.10. The van der Waals surface area contributed by atoms with Crippen molar-refractivity contribution in [3.8, 4) is 5.75 Å². The van der Waals surface area contributed by atoms with Gasteiger partial charge in [0.25, 0.3) is 5.91 Å². The van der Waals surface area contributed by atoms with Gasteiger partial charge in [0.1, 0.15) is 5.75 Å². The monoisotopic (exact) mass is 397 g/mol. The Morgan fingerprint density at radius 2 is 1.85 bits per heavy atom. The van der Waals surface area contributed by atoms with Gasteiger partial charge in [-0.3, -0.25) is 4.79 Å². The van der Waals surface area contributed by atoms with Crippen LogP contribution in [0, 0.1) is 0 Å². The number of phenolic OH excluding ortho intramolecular Hbond substituents is 1. The van der Waals surface area contributed by atoms with Crippen LogP contribution in [0.5, 0.6) is 5.75 Å². The Kier molecular flexibility index (Phi) is 4.83. The summed E-state index contributed by atoms with van der Waals surface area (Å²) in [6.07, 6.45) is 0. The van der Waals surface area contributed by atoms with Gasteiger partial charge in [-0.25, -0.2) is 0 Å². The largest absolute Gasteiger partial charge is 0.507 e. The molecule has 0 fully saturated rings. The van der Waals surface area contributed by atoms with Crippen LogP contribution in [0.25, 0.3) is 0 Å². The summed E-state index contributed by atoms with van der Waals surface area (Å²) in [4.78, 5) is 13.9. The normalized spacial score (nSPS) is 10.3. The van der Waals surface area contributed by atoms with Crippen molar-refractivity contribution in [2.75, 3.05) is 7.05 Å². The lowest BCUT2D eigenvalue weighted by Crippen LogP contribution is -2.26. The second-order valence-corrected chi connectivity index (χ2v) is 6.28. The highest BCUT2D eigenvalue weighted by Gasteiger charge is 2.16. The zero-order valence-electron chi connectivity index (χ0n) is 10.8. The molecule has 3 nitrogen and oxygen atoms in total. The predicted molar refractivity (Wildman–Crippen MR) is 85.7 cm³/mol. The molecule has 2 rings (SSSR count).